The van der Waals surface area contributed by atoms with Crippen molar-refractivity contribution in [3.63, 3.8) is 0 Å². The third-order valence-electron chi connectivity index (χ3n) is 3.29. The largest absolute Gasteiger partial charge is 0.375 e. The van der Waals surface area contributed by atoms with Crippen molar-refractivity contribution in [2.24, 2.45) is 5.73 Å². The van der Waals surface area contributed by atoms with E-state index in [1.54, 1.807) is 0 Å². The van der Waals surface area contributed by atoms with E-state index in [0.717, 1.165) is 12.8 Å². The second-order valence-electron chi connectivity index (χ2n) is 4.73. The van der Waals surface area contributed by atoms with Crippen LogP contribution >= 0.6 is 0 Å². The van der Waals surface area contributed by atoms with Crippen LogP contribution in [-0.2, 0) is 4.74 Å². The Balaban J connectivity index is 1.85. The van der Waals surface area contributed by atoms with Gasteiger partial charge < -0.3 is 10.5 Å². The van der Waals surface area contributed by atoms with Gasteiger partial charge in [0.2, 0.25) is 0 Å². The minimum absolute atomic E-state index is 0.303. The fourth-order valence-corrected chi connectivity index (χ4v) is 2.53. The first kappa shape index (κ1) is 10.2. The number of hydrogen-bond donors (Lipinski definition) is 1. The summed E-state index contributed by atoms with van der Waals surface area (Å²) in [6, 6.07) is 0.303. The Kier molecular flexibility index (Phi) is 3.24. The fourth-order valence-electron chi connectivity index (χ4n) is 2.53. The number of nitrogens with two attached hydrogens (primary N) is 1. The maximum Gasteiger partial charge on any atom is 0.0616 e. The topological polar surface area (TPSA) is 35.2 Å². The van der Waals surface area contributed by atoms with Crippen molar-refractivity contribution >= 4 is 0 Å². The Morgan fingerprint density at radius 2 is 2.29 bits per heavy atom. The first-order valence-corrected chi connectivity index (χ1v) is 5.84. The first-order valence-electron chi connectivity index (χ1n) is 5.84. The summed E-state index contributed by atoms with van der Waals surface area (Å²) in [5, 5.41) is 0. The molecule has 1 aliphatic carbocycles. The molecule has 2 nitrogen and oxygen atoms in total. The SMILES string of the molecule is CC1CCC(CC2=CC(N)CCC2)O1. The average molecular weight is 195 g/mol. The highest BCUT2D eigenvalue weighted by Crippen LogP contribution is 2.28. The highest BCUT2D eigenvalue weighted by atomic mass is 16.5. The molecule has 3 atom stereocenters. The molecule has 1 aliphatic heterocycles. The molecule has 2 rings (SSSR count). The minimum Gasteiger partial charge on any atom is -0.375 e. The molecule has 1 saturated heterocycles. The summed E-state index contributed by atoms with van der Waals surface area (Å²) in [4.78, 5) is 0. The van der Waals surface area contributed by atoms with E-state index in [2.05, 4.69) is 13.0 Å². The van der Waals surface area contributed by atoms with Gasteiger partial charge in [-0.1, -0.05) is 11.6 Å². The van der Waals surface area contributed by atoms with E-state index < -0.39 is 0 Å². The fraction of sp³-hybridized carbons (Fsp3) is 0.833. The van der Waals surface area contributed by atoms with Gasteiger partial charge in [0.15, 0.2) is 0 Å². The molecule has 1 fully saturated rings. The Bertz CT molecular complexity index is 224. The molecule has 1 heterocycles. The zero-order chi connectivity index (χ0) is 9.97. The monoisotopic (exact) mass is 195 g/mol. The molecule has 0 aromatic rings. The Hall–Kier alpha value is -0.340. The summed E-state index contributed by atoms with van der Waals surface area (Å²) in [7, 11) is 0. The van der Waals surface area contributed by atoms with Gasteiger partial charge in [0, 0.05) is 6.04 Å². The first-order chi connectivity index (χ1) is 6.74. The molecular formula is C12H21NO. The zero-order valence-corrected chi connectivity index (χ0v) is 9.04. The van der Waals surface area contributed by atoms with Crippen molar-refractivity contribution in [1.29, 1.82) is 0 Å². The Labute approximate surface area is 86.5 Å². The van der Waals surface area contributed by atoms with E-state index in [9.17, 15) is 0 Å². The molecule has 3 unspecified atom stereocenters. The van der Waals surface area contributed by atoms with Crippen LogP contribution in [0, 0.1) is 0 Å². The summed E-state index contributed by atoms with van der Waals surface area (Å²) < 4.78 is 5.82. The van der Waals surface area contributed by atoms with Crippen LogP contribution in [0.15, 0.2) is 11.6 Å². The van der Waals surface area contributed by atoms with Gasteiger partial charge in [-0.2, -0.15) is 0 Å². The lowest BCUT2D eigenvalue weighted by molar-refractivity contribution is 0.0557. The molecule has 14 heavy (non-hydrogen) atoms. The van der Waals surface area contributed by atoms with Gasteiger partial charge in [0.1, 0.15) is 0 Å². The average Bonchev–Trinajstić information content (AvgIpc) is 2.51. The molecule has 0 amide bonds. The normalized spacial score (nSPS) is 38.4. The van der Waals surface area contributed by atoms with Crippen molar-refractivity contribution in [2.75, 3.05) is 0 Å². The molecule has 0 aromatic carbocycles. The molecule has 2 heteroatoms. The minimum atomic E-state index is 0.303. The highest BCUT2D eigenvalue weighted by Gasteiger charge is 2.23. The molecule has 2 N–H and O–H groups in total. The lowest BCUT2D eigenvalue weighted by Gasteiger charge is -2.20. The van der Waals surface area contributed by atoms with Crippen molar-refractivity contribution in [3.8, 4) is 0 Å². The quantitative estimate of drug-likeness (QED) is 0.687. The van der Waals surface area contributed by atoms with Crippen LogP contribution in [-0.4, -0.2) is 18.2 Å². The van der Waals surface area contributed by atoms with E-state index in [1.165, 1.54) is 31.3 Å². The molecule has 0 spiro atoms. The molecule has 80 valence electrons. The van der Waals surface area contributed by atoms with Gasteiger partial charge in [0.25, 0.3) is 0 Å². The standard InChI is InChI=1S/C12H21NO/c1-9-5-6-12(14-9)8-10-3-2-4-11(13)7-10/h7,9,11-12H,2-6,8,13H2,1H3. The Morgan fingerprint density at radius 3 is 2.93 bits per heavy atom. The van der Waals surface area contributed by atoms with Crippen molar-refractivity contribution in [1.82, 2.24) is 0 Å². The summed E-state index contributed by atoms with van der Waals surface area (Å²) in [5.41, 5.74) is 7.44. The van der Waals surface area contributed by atoms with E-state index in [1.807, 2.05) is 0 Å². The summed E-state index contributed by atoms with van der Waals surface area (Å²) in [6.45, 7) is 2.17. The van der Waals surface area contributed by atoms with Crippen molar-refractivity contribution in [2.45, 2.75) is 63.7 Å². The number of hydrogen-bond acceptors (Lipinski definition) is 2. The van der Waals surface area contributed by atoms with E-state index in [4.69, 9.17) is 10.5 Å². The van der Waals surface area contributed by atoms with Crippen LogP contribution in [0.25, 0.3) is 0 Å². The highest BCUT2D eigenvalue weighted by molar-refractivity contribution is 5.11. The van der Waals surface area contributed by atoms with Crippen LogP contribution in [0.3, 0.4) is 0 Å². The van der Waals surface area contributed by atoms with Gasteiger partial charge in [0.05, 0.1) is 12.2 Å². The van der Waals surface area contributed by atoms with Crippen LogP contribution in [0.5, 0.6) is 0 Å². The van der Waals surface area contributed by atoms with E-state index in [-0.39, 0.29) is 0 Å². The second kappa shape index (κ2) is 4.45. The van der Waals surface area contributed by atoms with Crippen molar-refractivity contribution < 1.29 is 4.74 Å². The van der Waals surface area contributed by atoms with Gasteiger partial charge in [-0.05, 0) is 45.4 Å². The van der Waals surface area contributed by atoms with Crippen LogP contribution < -0.4 is 5.73 Å². The third kappa shape index (κ3) is 2.58. The predicted octanol–water partition coefficient (Wildman–Crippen LogP) is 2.38. The van der Waals surface area contributed by atoms with Gasteiger partial charge >= 0.3 is 0 Å². The van der Waals surface area contributed by atoms with Crippen LogP contribution in [0.4, 0.5) is 0 Å². The van der Waals surface area contributed by atoms with E-state index >= 15 is 0 Å². The lowest BCUT2D eigenvalue weighted by Crippen LogP contribution is -2.21. The van der Waals surface area contributed by atoms with Crippen molar-refractivity contribution in [3.05, 3.63) is 11.6 Å². The van der Waals surface area contributed by atoms with Gasteiger partial charge in [-0.3, -0.25) is 0 Å². The molecule has 2 aliphatic rings. The molecule has 0 saturated carbocycles. The number of ether oxygens (including phenoxy) is 1. The number of rotatable bonds is 2. The van der Waals surface area contributed by atoms with E-state index in [0.29, 0.717) is 18.2 Å². The second-order valence-corrected chi connectivity index (χ2v) is 4.73. The summed E-state index contributed by atoms with van der Waals surface area (Å²) in [5.74, 6) is 0. The van der Waals surface area contributed by atoms with Crippen LogP contribution in [0.2, 0.25) is 0 Å². The summed E-state index contributed by atoms with van der Waals surface area (Å²) in [6.07, 6.45) is 10.4. The summed E-state index contributed by atoms with van der Waals surface area (Å²) >= 11 is 0. The predicted molar refractivity (Wildman–Crippen MR) is 58.1 cm³/mol. The maximum absolute atomic E-state index is 5.91. The Morgan fingerprint density at radius 1 is 1.43 bits per heavy atom. The zero-order valence-electron chi connectivity index (χ0n) is 9.04. The smallest absolute Gasteiger partial charge is 0.0616 e. The maximum atomic E-state index is 5.91. The van der Waals surface area contributed by atoms with Gasteiger partial charge in [-0.25, -0.2) is 0 Å². The molecular weight excluding hydrogens is 174 g/mol. The molecule has 0 radical (unpaired) electrons. The van der Waals surface area contributed by atoms with Crippen LogP contribution in [0.1, 0.15) is 45.4 Å². The third-order valence-corrected chi connectivity index (χ3v) is 3.29. The van der Waals surface area contributed by atoms with Gasteiger partial charge in [-0.15, -0.1) is 0 Å². The molecule has 0 bridgehead atoms. The lowest BCUT2D eigenvalue weighted by atomic mass is 9.92. The molecule has 0 aromatic heterocycles.